The Labute approximate surface area is 76.0 Å². The largest absolute Gasteiger partial charge is 0.464 e. The van der Waals surface area contributed by atoms with Gasteiger partial charge in [-0.15, -0.1) is 5.16 Å². The third kappa shape index (κ3) is 1.54. The molecule has 0 amide bonds. The molecule has 1 aliphatic carbocycles. The van der Waals surface area contributed by atoms with Crippen molar-refractivity contribution in [2.45, 2.75) is 6.61 Å². The van der Waals surface area contributed by atoms with Gasteiger partial charge >= 0.3 is 0 Å². The zero-order valence-corrected chi connectivity index (χ0v) is 7.06. The van der Waals surface area contributed by atoms with Crippen molar-refractivity contribution in [1.82, 2.24) is 0 Å². The fourth-order valence-electron chi connectivity index (χ4n) is 1.26. The maximum absolute atomic E-state index is 5.27. The normalized spacial score (nSPS) is 10.2. The van der Waals surface area contributed by atoms with Gasteiger partial charge in [0.25, 0.3) is 0 Å². The SMILES string of the molecule is C=NOCc1cc2cccoc-2c1. The van der Waals surface area contributed by atoms with E-state index in [1.54, 1.807) is 6.26 Å². The van der Waals surface area contributed by atoms with E-state index in [0.717, 1.165) is 16.9 Å². The number of rotatable bonds is 3. The maximum atomic E-state index is 5.27. The Morgan fingerprint density at radius 2 is 2.38 bits per heavy atom. The third-order valence-electron chi connectivity index (χ3n) is 1.81. The lowest BCUT2D eigenvalue weighted by Crippen LogP contribution is -1.80. The summed E-state index contributed by atoms with van der Waals surface area (Å²) in [5.41, 5.74) is 2.11. The highest BCUT2D eigenvalue weighted by Gasteiger charge is 2.07. The summed E-state index contributed by atoms with van der Waals surface area (Å²) in [7, 11) is 0. The van der Waals surface area contributed by atoms with E-state index >= 15 is 0 Å². The molecule has 0 atom stereocenters. The second-order valence-electron chi connectivity index (χ2n) is 2.70. The van der Waals surface area contributed by atoms with Crippen LogP contribution in [0, 0.1) is 0 Å². The van der Waals surface area contributed by atoms with Crippen molar-refractivity contribution >= 4 is 6.72 Å². The summed E-state index contributed by atoms with van der Waals surface area (Å²) in [6.45, 7) is 3.67. The van der Waals surface area contributed by atoms with Crippen LogP contribution in [-0.4, -0.2) is 6.72 Å². The summed E-state index contributed by atoms with van der Waals surface area (Å²) in [6, 6.07) is 7.78. The predicted octanol–water partition coefficient (Wildman–Crippen LogP) is 2.52. The fourth-order valence-corrected chi connectivity index (χ4v) is 1.26. The minimum Gasteiger partial charge on any atom is -0.464 e. The molecule has 2 rings (SSSR count). The molecule has 0 saturated carbocycles. The van der Waals surface area contributed by atoms with E-state index in [4.69, 9.17) is 9.25 Å². The van der Waals surface area contributed by atoms with Crippen LogP contribution in [0.25, 0.3) is 11.3 Å². The van der Waals surface area contributed by atoms with E-state index in [1.165, 1.54) is 0 Å². The molecule has 13 heavy (non-hydrogen) atoms. The third-order valence-corrected chi connectivity index (χ3v) is 1.81. The van der Waals surface area contributed by atoms with Gasteiger partial charge in [0, 0.05) is 12.3 Å². The number of nitrogens with zero attached hydrogens (tertiary/aromatic N) is 1. The summed E-state index contributed by atoms with van der Waals surface area (Å²) >= 11 is 0. The Bertz CT molecular complexity index is 351. The average molecular weight is 175 g/mol. The van der Waals surface area contributed by atoms with E-state index < -0.39 is 0 Å². The first-order valence-corrected chi connectivity index (χ1v) is 3.94. The van der Waals surface area contributed by atoms with Crippen LogP contribution in [0.3, 0.4) is 0 Å². The van der Waals surface area contributed by atoms with Crippen molar-refractivity contribution < 1.29 is 9.25 Å². The van der Waals surface area contributed by atoms with Gasteiger partial charge in [0.05, 0.1) is 6.26 Å². The molecule has 0 fully saturated rings. The van der Waals surface area contributed by atoms with Crippen molar-refractivity contribution in [3.05, 3.63) is 36.1 Å². The highest BCUT2D eigenvalue weighted by atomic mass is 16.6. The molecular weight excluding hydrogens is 166 g/mol. The summed E-state index contributed by atoms with van der Waals surface area (Å²) in [5.74, 6) is 0.866. The van der Waals surface area contributed by atoms with E-state index in [1.807, 2.05) is 24.3 Å². The Balaban J connectivity index is 2.28. The van der Waals surface area contributed by atoms with Crippen LogP contribution in [0.2, 0.25) is 0 Å². The van der Waals surface area contributed by atoms with Gasteiger partial charge < -0.3 is 9.25 Å². The zero-order valence-electron chi connectivity index (χ0n) is 7.06. The van der Waals surface area contributed by atoms with Gasteiger partial charge in [0.15, 0.2) is 0 Å². The first-order valence-electron chi connectivity index (χ1n) is 3.94. The lowest BCUT2D eigenvalue weighted by Gasteiger charge is -1.92. The standard InChI is InChI=1S/C10H9NO2/c1-11-13-7-8-5-9-3-2-4-12-10(9)6-8/h2-6H,1,7H2. The minimum atomic E-state index is 0.438. The quantitative estimate of drug-likeness (QED) is 0.530. The van der Waals surface area contributed by atoms with E-state index in [9.17, 15) is 0 Å². The zero-order chi connectivity index (χ0) is 9.10. The maximum Gasteiger partial charge on any atom is 0.142 e. The molecule has 0 bridgehead atoms. The summed E-state index contributed by atoms with van der Waals surface area (Å²) in [5, 5.41) is 3.32. The molecule has 2 aliphatic rings. The molecule has 0 aromatic heterocycles. The molecule has 3 heteroatoms. The van der Waals surface area contributed by atoms with Crippen molar-refractivity contribution in [3.63, 3.8) is 0 Å². The fraction of sp³-hybridized carbons (Fsp3) is 0.100. The van der Waals surface area contributed by atoms with Crippen LogP contribution >= 0.6 is 0 Å². The van der Waals surface area contributed by atoms with Gasteiger partial charge in [-0.1, -0.05) is 0 Å². The first-order chi connectivity index (χ1) is 6.40. The van der Waals surface area contributed by atoms with Gasteiger partial charge in [-0.05, 0) is 29.8 Å². The van der Waals surface area contributed by atoms with Crippen LogP contribution in [0.4, 0.5) is 0 Å². The topological polar surface area (TPSA) is 34.7 Å². The first kappa shape index (κ1) is 7.86. The van der Waals surface area contributed by atoms with Gasteiger partial charge in [0.1, 0.15) is 12.4 Å². The molecule has 3 nitrogen and oxygen atoms in total. The molecule has 0 aromatic rings. The molecule has 0 spiro atoms. The lowest BCUT2D eigenvalue weighted by atomic mass is 10.3. The van der Waals surface area contributed by atoms with Crippen molar-refractivity contribution in [2.75, 3.05) is 0 Å². The Morgan fingerprint density at radius 3 is 3.15 bits per heavy atom. The molecule has 0 radical (unpaired) electrons. The van der Waals surface area contributed by atoms with E-state index in [-0.39, 0.29) is 0 Å². The molecular formula is C10H9NO2. The molecule has 0 aromatic carbocycles. The van der Waals surface area contributed by atoms with Crippen molar-refractivity contribution in [3.8, 4) is 11.3 Å². The minimum absolute atomic E-state index is 0.438. The van der Waals surface area contributed by atoms with Gasteiger partial charge in [-0.2, -0.15) is 0 Å². The number of fused-ring (bicyclic) bond motifs is 1. The van der Waals surface area contributed by atoms with Gasteiger partial charge in [-0.3, -0.25) is 0 Å². The summed E-state index contributed by atoms with van der Waals surface area (Å²) in [4.78, 5) is 4.82. The smallest absolute Gasteiger partial charge is 0.142 e. The monoisotopic (exact) mass is 175 g/mol. The van der Waals surface area contributed by atoms with Crippen LogP contribution in [0.1, 0.15) is 5.56 Å². The molecule has 1 aliphatic heterocycles. The van der Waals surface area contributed by atoms with Crippen LogP contribution < -0.4 is 0 Å². The number of hydrogen-bond acceptors (Lipinski definition) is 3. The molecule has 0 saturated heterocycles. The Morgan fingerprint density at radius 1 is 1.46 bits per heavy atom. The second kappa shape index (κ2) is 3.31. The van der Waals surface area contributed by atoms with Crippen LogP contribution in [-0.2, 0) is 11.4 Å². The van der Waals surface area contributed by atoms with E-state index in [0.29, 0.717) is 6.61 Å². The molecule has 0 N–H and O–H groups in total. The molecule has 0 unspecified atom stereocenters. The molecule has 1 heterocycles. The van der Waals surface area contributed by atoms with Crippen LogP contribution in [0.5, 0.6) is 0 Å². The van der Waals surface area contributed by atoms with Crippen LogP contribution in [0.15, 0.2) is 40.1 Å². The summed E-state index contributed by atoms with van der Waals surface area (Å²) in [6.07, 6.45) is 1.65. The highest BCUT2D eigenvalue weighted by molar-refractivity contribution is 5.62. The highest BCUT2D eigenvalue weighted by Crippen LogP contribution is 2.25. The van der Waals surface area contributed by atoms with Gasteiger partial charge in [-0.25, -0.2) is 0 Å². The number of oxime groups is 1. The average Bonchev–Trinajstić information content (AvgIpc) is 2.57. The van der Waals surface area contributed by atoms with Crippen molar-refractivity contribution in [1.29, 1.82) is 0 Å². The summed E-state index contributed by atoms with van der Waals surface area (Å²) < 4.78 is 5.27. The molecule has 66 valence electrons. The van der Waals surface area contributed by atoms with E-state index in [2.05, 4.69) is 11.9 Å². The lowest BCUT2D eigenvalue weighted by molar-refractivity contribution is 0.133. The Kier molecular flexibility index (Phi) is 2.00. The number of hydrogen-bond donors (Lipinski definition) is 0. The Hall–Kier alpha value is -1.77. The predicted molar refractivity (Wildman–Crippen MR) is 49.7 cm³/mol. The van der Waals surface area contributed by atoms with Gasteiger partial charge in [0.2, 0.25) is 0 Å². The van der Waals surface area contributed by atoms with Crippen molar-refractivity contribution in [2.24, 2.45) is 5.16 Å². The second-order valence-corrected chi connectivity index (χ2v) is 2.70.